The van der Waals surface area contributed by atoms with Crippen molar-refractivity contribution in [3.63, 3.8) is 0 Å². The molecule has 1 N–H and O–H groups in total. The van der Waals surface area contributed by atoms with Crippen molar-refractivity contribution in [2.45, 2.75) is 46.8 Å². The minimum absolute atomic E-state index is 0.176. The zero-order chi connectivity index (χ0) is 13.9. The van der Waals surface area contributed by atoms with Crippen LogP contribution in [0.5, 0.6) is 0 Å². The summed E-state index contributed by atoms with van der Waals surface area (Å²) in [6.45, 7) is 9.39. The molecule has 5 nitrogen and oxygen atoms in total. The Hall–Kier alpha value is -1.36. The van der Waals surface area contributed by atoms with Crippen molar-refractivity contribution in [2.24, 2.45) is 5.41 Å². The molecule has 1 aromatic heterocycles. The highest BCUT2D eigenvalue weighted by atomic mass is 16.5. The lowest BCUT2D eigenvalue weighted by atomic mass is 9.85. The van der Waals surface area contributed by atoms with Gasteiger partial charge in [0.25, 0.3) is 0 Å². The third-order valence-electron chi connectivity index (χ3n) is 3.02. The van der Waals surface area contributed by atoms with E-state index in [1.807, 2.05) is 18.4 Å². The van der Waals surface area contributed by atoms with Gasteiger partial charge in [-0.05, 0) is 34.6 Å². The van der Waals surface area contributed by atoms with Crippen LogP contribution < -0.4 is 0 Å². The van der Waals surface area contributed by atoms with Crippen molar-refractivity contribution >= 4 is 5.97 Å². The number of carbonyl (C=O) groups is 1. The molecule has 0 bridgehead atoms. The summed E-state index contributed by atoms with van der Waals surface area (Å²) in [5.41, 5.74) is -0.370. The number of carbonyl (C=O) groups excluding carboxylic acids is 1. The SMILES string of the molecule is CCOC(=O)C(C)(C)C(O)c1cncn1C(C)C. The molecule has 0 fully saturated rings. The molecule has 0 aliphatic heterocycles. The number of esters is 1. The standard InChI is InChI=1S/C13H22N2O3/c1-6-18-12(17)13(4,5)11(16)10-7-14-8-15(10)9(2)3/h7-9,11,16H,6H2,1-5H3. The Bertz CT molecular complexity index is 410. The van der Waals surface area contributed by atoms with Gasteiger partial charge < -0.3 is 14.4 Å². The van der Waals surface area contributed by atoms with Gasteiger partial charge in [-0.15, -0.1) is 0 Å². The molecule has 0 saturated carbocycles. The molecule has 1 unspecified atom stereocenters. The number of hydrogen-bond donors (Lipinski definition) is 1. The molecule has 0 saturated heterocycles. The van der Waals surface area contributed by atoms with Crippen LogP contribution in [0.1, 0.15) is 52.5 Å². The molecule has 18 heavy (non-hydrogen) atoms. The number of hydrogen-bond acceptors (Lipinski definition) is 4. The van der Waals surface area contributed by atoms with Crippen LogP contribution in [-0.2, 0) is 9.53 Å². The molecule has 5 heteroatoms. The molecule has 1 rings (SSSR count). The fourth-order valence-electron chi connectivity index (χ4n) is 1.76. The van der Waals surface area contributed by atoms with Crippen molar-refractivity contribution in [2.75, 3.05) is 6.61 Å². The second kappa shape index (κ2) is 5.52. The Morgan fingerprint density at radius 1 is 1.56 bits per heavy atom. The summed E-state index contributed by atoms with van der Waals surface area (Å²) >= 11 is 0. The number of ether oxygens (including phenoxy) is 1. The fraction of sp³-hybridized carbons (Fsp3) is 0.692. The molecule has 0 radical (unpaired) electrons. The third-order valence-corrected chi connectivity index (χ3v) is 3.02. The second-order valence-corrected chi connectivity index (χ2v) is 5.16. The Balaban J connectivity index is 3.01. The van der Waals surface area contributed by atoms with Gasteiger partial charge in [0.2, 0.25) is 0 Å². The Morgan fingerprint density at radius 3 is 2.67 bits per heavy atom. The number of aromatic nitrogens is 2. The normalized spacial score (nSPS) is 13.7. The highest BCUT2D eigenvalue weighted by Gasteiger charge is 2.39. The van der Waals surface area contributed by atoms with E-state index in [9.17, 15) is 9.90 Å². The van der Waals surface area contributed by atoms with E-state index in [-0.39, 0.29) is 6.04 Å². The molecule has 0 spiro atoms. The summed E-state index contributed by atoms with van der Waals surface area (Å²) in [7, 11) is 0. The van der Waals surface area contributed by atoms with Crippen LogP contribution in [-0.4, -0.2) is 27.2 Å². The molecule has 0 aliphatic rings. The van der Waals surface area contributed by atoms with Crippen LogP contribution in [0.15, 0.2) is 12.5 Å². The monoisotopic (exact) mass is 254 g/mol. The number of aliphatic hydroxyl groups is 1. The summed E-state index contributed by atoms with van der Waals surface area (Å²) in [5, 5.41) is 10.4. The maximum Gasteiger partial charge on any atom is 0.314 e. The second-order valence-electron chi connectivity index (χ2n) is 5.16. The molecule has 1 atom stereocenters. The first-order valence-corrected chi connectivity index (χ1v) is 6.19. The molecule has 0 amide bonds. The van der Waals surface area contributed by atoms with Crippen LogP contribution in [0.3, 0.4) is 0 Å². The summed E-state index contributed by atoms with van der Waals surface area (Å²) < 4.78 is 6.85. The van der Waals surface area contributed by atoms with Crippen molar-refractivity contribution in [1.29, 1.82) is 0 Å². The van der Waals surface area contributed by atoms with E-state index in [1.165, 1.54) is 0 Å². The molecule has 1 aromatic rings. The lowest BCUT2D eigenvalue weighted by molar-refractivity contribution is -0.160. The number of aliphatic hydroxyl groups excluding tert-OH is 1. The first kappa shape index (κ1) is 14.7. The van der Waals surface area contributed by atoms with Crippen LogP contribution >= 0.6 is 0 Å². The number of nitrogens with zero attached hydrogens (tertiary/aromatic N) is 2. The first-order chi connectivity index (χ1) is 8.32. The molecule has 0 aliphatic carbocycles. The lowest BCUT2D eigenvalue weighted by Crippen LogP contribution is -2.34. The van der Waals surface area contributed by atoms with Crippen molar-refractivity contribution in [3.8, 4) is 0 Å². The smallest absolute Gasteiger partial charge is 0.314 e. The van der Waals surface area contributed by atoms with E-state index in [4.69, 9.17) is 4.74 Å². The highest BCUT2D eigenvalue weighted by molar-refractivity contribution is 5.76. The van der Waals surface area contributed by atoms with E-state index in [0.717, 1.165) is 0 Å². The number of rotatable bonds is 5. The summed E-state index contributed by atoms with van der Waals surface area (Å²) in [6, 6.07) is 0.176. The van der Waals surface area contributed by atoms with E-state index in [2.05, 4.69) is 4.98 Å². The van der Waals surface area contributed by atoms with E-state index in [1.54, 1.807) is 33.3 Å². The zero-order valence-electron chi connectivity index (χ0n) is 11.7. The van der Waals surface area contributed by atoms with Crippen LogP contribution in [0.25, 0.3) is 0 Å². The van der Waals surface area contributed by atoms with Crippen LogP contribution in [0, 0.1) is 5.41 Å². The molecular weight excluding hydrogens is 232 g/mol. The predicted octanol–water partition coefficient (Wildman–Crippen LogP) is 2.09. The first-order valence-electron chi connectivity index (χ1n) is 6.19. The molecule has 1 heterocycles. The fourth-order valence-corrected chi connectivity index (χ4v) is 1.76. The third kappa shape index (κ3) is 2.72. The van der Waals surface area contributed by atoms with Crippen molar-refractivity contribution in [1.82, 2.24) is 9.55 Å². The average molecular weight is 254 g/mol. The van der Waals surface area contributed by atoms with Gasteiger partial charge in [0.05, 0.1) is 30.2 Å². The summed E-state index contributed by atoms with van der Waals surface area (Å²) in [5.74, 6) is -0.408. The minimum Gasteiger partial charge on any atom is -0.465 e. The van der Waals surface area contributed by atoms with Gasteiger partial charge in [-0.25, -0.2) is 4.98 Å². The van der Waals surface area contributed by atoms with E-state index < -0.39 is 17.5 Å². The molecular formula is C13H22N2O3. The summed E-state index contributed by atoms with van der Waals surface area (Å²) in [4.78, 5) is 15.9. The maximum absolute atomic E-state index is 11.9. The quantitative estimate of drug-likeness (QED) is 0.817. The zero-order valence-corrected chi connectivity index (χ0v) is 11.7. The lowest BCUT2D eigenvalue weighted by Gasteiger charge is -2.29. The van der Waals surface area contributed by atoms with Gasteiger partial charge in [0.1, 0.15) is 6.10 Å². The van der Waals surface area contributed by atoms with Gasteiger partial charge in [0, 0.05) is 6.04 Å². The topological polar surface area (TPSA) is 64.3 Å². The Morgan fingerprint density at radius 2 is 2.17 bits per heavy atom. The predicted molar refractivity (Wildman–Crippen MR) is 68.0 cm³/mol. The van der Waals surface area contributed by atoms with Gasteiger partial charge >= 0.3 is 5.97 Å². The average Bonchev–Trinajstić information content (AvgIpc) is 2.76. The number of imidazole rings is 1. The van der Waals surface area contributed by atoms with E-state index in [0.29, 0.717) is 12.3 Å². The van der Waals surface area contributed by atoms with Gasteiger partial charge in [-0.2, -0.15) is 0 Å². The Labute approximate surface area is 108 Å². The minimum atomic E-state index is -0.997. The highest BCUT2D eigenvalue weighted by Crippen LogP contribution is 2.35. The van der Waals surface area contributed by atoms with Gasteiger partial charge in [-0.3, -0.25) is 4.79 Å². The summed E-state index contributed by atoms with van der Waals surface area (Å²) in [6.07, 6.45) is 2.30. The Kier molecular flexibility index (Phi) is 4.51. The molecule has 102 valence electrons. The van der Waals surface area contributed by atoms with Crippen molar-refractivity contribution < 1.29 is 14.6 Å². The van der Waals surface area contributed by atoms with E-state index >= 15 is 0 Å². The van der Waals surface area contributed by atoms with Crippen LogP contribution in [0.4, 0.5) is 0 Å². The maximum atomic E-state index is 11.9. The van der Waals surface area contributed by atoms with Crippen molar-refractivity contribution in [3.05, 3.63) is 18.2 Å². The largest absolute Gasteiger partial charge is 0.465 e. The molecule has 0 aromatic carbocycles. The van der Waals surface area contributed by atoms with Gasteiger partial charge in [-0.1, -0.05) is 0 Å². The van der Waals surface area contributed by atoms with Crippen LogP contribution in [0.2, 0.25) is 0 Å². The van der Waals surface area contributed by atoms with Gasteiger partial charge in [0.15, 0.2) is 0 Å².